The molecular formula is C19H23F2NO2. The molecule has 5 heteroatoms. The topological polar surface area (TPSA) is 44.5 Å². The van der Waals surface area contributed by atoms with E-state index >= 15 is 0 Å². The van der Waals surface area contributed by atoms with Gasteiger partial charge in [-0.15, -0.1) is 0 Å². The first-order valence-corrected chi connectivity index (χ1v) is 8.03. The van der Waals surface area contributed by atoms with Gasteiger partial charge in [0.2, 0.25) is 0 Å². The van der Waals surface area contributed by atoms with Crippen molar-refractivity contribution in [1.29, 1.82) is 0 Å². The first-order valence-electron chi connectivity index (χ1n) is 8.03. The third-order valence-corrected chi connectivity index (χ3v) is 3.86. The zero-order valence-electron chi connectivity index (χ0n) is 14.0. The molecule has 0 heterocycles. The molecule has 0 aliphatic carbocycles. The lowest BCUT2D eigenvalue weighted by molar-refractivity contribution is 0.294. The zero-order valence-corrected chi connectivity index (χ0v) is 14.0. The molecule has 0 fully saturated rings. The summed E-state index contributed by atoms with van der Waals surface area (Å²) in [7, 11) is 1.59. The lowest BCUT2D eigenvalue weighted by atomic mass is 9.91. The molecule has 0 saturated heterocycles. The number of methoxy groups -OCH3 is 1. The number of halogens is 2. The molecule has 130 valence electrons. The molecule has 3 nitrogen and oxygen atoms in total. The van der Waals surface area contributed by atoms with E-state index in [-0.39, 0.29) is 12.5 Å². The highest BCUT2D eigenvalue weighted by molar-refractivity contribution is 5.43. The van der Waals surface area contributed by atoms with Crippen LogP contribution in [0.25, 0.3) is 0 Å². The lowest BCUT2D eigenvalue weighted by Gasteiger charge is -2.18. The highest BCUT2D eigenvalue weighted by Gasteiger charge is 2.17. The van der Waals surface area contributed by atoms with E-state index in [4.69, 9.17) is 15.2 Å². The molecule has 0 radical (unpaired) electrons. The maximum atomic E-state index is 14.0. The molecule has 0 aliphatic heterocycles. The number of benzene rings is 2. The van der Waals surface area contributed by atoms with Crippen LogP contribution in [0, 0.1) is 11.6 Å². The van der Waals surface area contributed by atoms with Crippen LogP contribution in [-0.4, -0.2) is 20.3 Å². The van der Waals surface area contributed by atoms with Gasteiger partial charge >= 0.3 is 0 Å². The molecule has 0 amide bonds. The average molecular weight is 335 g/mol. The maximum Gasteiger partial charge on any atom is 0.161 e. The molecule has 1 atom stereocenters. The molecule has 2 rings (SSSR count). The zero-order chi connectivity index (χ0) is 17.5. The largest absolute Gasteiger partial charge is 0.493 e. The van der Waals surface area contributed by atoms with Gasteiger partial charge in [-0.3, -0.25) is 0 Å². The number of nitrogens with two attached hydrogens (primary N) is 1. The Labute approximate surface area is 141 Å². The highest BCUT2D eigenvalue weighted by atomic mass is 19.1. The van der Waals surface area contributed by atoms with E-state index in [1.54, 1.807) is 7.11 Å². The molecule has 0 saturated carbocycles. The molecule has 0 spiro atoms. The van der Waals surface area contributed by atoms with Gasteiger partial charge in [0.05, 0.1) is 13.7 Å². The standard InChI is InChI=1S/C19H23F2NO2/c1-3-8-24-19-10-13(4-7-18(19)23-2)9-14(12-22)16-6-5-15(20)11-17(16)21/h4-7,10-11,14H,3,8-9,12,22H2,1-2H3. The summed E-state index contributed by atoms with van der Waals surface area (Å²) in [6.45, 7) is 2.88. The van der Waals surface area contributed by atoms with Gasteiger partial charge in [-0.05, 0) is 48.7 Å². The van der Waals surface area contributed by atoms with Crippen LogP contribution < -0.4 is 15.2 Å². The van der Waals surface area contributed by atoms with Gasteiger partial charge in [0.15, 0.2) is 11.5 Å². The maximum absolute atomic E-state index is 14.0. The summed E-state index contributed by atoms with van der Waals surface area (Å²) < 4.78 is 38.1. The Balaban J connectivity index is 2.24. The first kappa shape index (κ1) is 18.2. The van der Waals surface area contributed by atoms with Crippen LogP contribution >= 0.6 is 0 Å². The van der Waals surface area contributed by atoms with Gasteiger partial charge in [0.1, 0.15) is 11.6 Å². The highest BCUT2D eigenvalue weighted by Crippen LogP contribution is 2.31. The Bertz CT molecular complexity index is 676. The van der Waals surface area contributed by atoms with Gasteiger partial charge in [-0.2, -0.15) is 0 Å². The third kappa shape index (κ3) is 4.45. The van der Waals surface area contributed by atoms with E-state index in [0.29, 0.717) is 30.1 Å². The first-order chi connectivity index (χ1) is 11.6. The van der Waals surface area contributed by atoms with E-state index in [2.05, 4.69) is 0 Å². The Morgan fingerprint density at radius 3 is 2.50 bits per heavy atom. The second-order valence-corrected chi connectivity index (χ2v) is 5.64. The van der Waals surface area contributed by atoms with Gasteiger partial charge in [-0.1, -0.05) is 19.1 Å². The Morgan fingerprint density at radius 2 is 1.88 bits per heavy atom. The fourth-order valence-corrected chi connectivity index (χ4v) is 2.61. The Morgan fingerprint density at radius 1 is 1.08 bits per heavy atom. The predicted octanol–water partition coefficient (Wildman–Crippen LogP) is 4.05. The second kappa shape index (κ2) is 8.64. The number of rotatable bonds is 8. The Hall–Kier alpha value is -2.14. The summed E-state index contributed by atoms with van der Waals surface area (Å²) in [5, 5.41) is 0. The van der Waals surface area contributed by atoms with Crippen molar-refractivity contribution in [3.63, 3.8) is 0 Å². The SMILES string of the molecule is CCCOc1cc(CC(CN)c2ccc(F)cc2F)ccc1OC. The Kier molecular flexibility index (Phi) is 6.55. The molecule has 24 heavy (non-hydrogen) atoms. The smallest absolute Gasteiger partial charge is 0.161 e. The molecular weight excluding hydrogens is 312 g/mol. The predicted molar refractivity (Wildman–Crippen MR) is 90.6 cm³/mol. The minimum atomic E-state index is -0.591. The summed E-state index contributed by atoms with van der Waals surface area (Å²) in [5.74, 6) is -0.0807. The summed E-state index contributed by atoms with van der Waals surface area (Å²) >= 11 is 0. The van der Waals surface area contributed by atoms with Crippen molar-refractivity contribution in [3.8, 4) is 11.5 Å². The molecule has 0 bridgehead atoms. The van der Waals surface area contributed by atoms with Crippen molar-refractivity contribution < 1.29 is 18.3 Å². The van der Waals surface area contributed by atoms with Crippen LogP contribution in [0.5, 0.6) is 11.5 Å². The van der Waals surface area contributed by atoms with Gasteiger partial charge in [-0.25, -0.2) is 8.78 Å². The number of hydrogen-bond donors (Lipinski definition) is 1. The monoisotopic (exact) mass is 335 g/mol. The van der Waals surface area contributed by atoms with Crippen molar-refractivity contribution in [2.75, 3.05) is 20.3 Å². The summed E-state index contributed by atoms with van der Waals surface area (Å²) in [5.41, 5.74) is 7.20. The average Bonchev–Trinajstić information content (AvgIpc) is 2.58. The van der Waals surface area contributed by atoms with Gasteiger partial charge < -0.3 is 15.2 Å². The molecule has 2 aromatic carbocycles. The lowest BCUT2D eigenvalue weighted by Crippen LogP contribution is -2.16. The summed E-state index contributed by atoms with van der Waals surface area (Å²) in [6, 6.07) is 9.22. The molecule has 2 N–H and O–H groups in total. The van der Waals surface area contributed by atoms with Crippen LogP contribution in [0.1, 0.15) is 30.4 Å². The molecule has 0 aromatic heterocycles. The minimum Gasteiger partial charge on any atom is -0.493 e. The van der Waals surface area contributed by atoms with Gasteiger partial charge in [0.25, 0.3) is 0 Å². The van der Waals surface area contributed by atoms with Crippen molar-refractivity contribution in [1.82, 2.24) is 0 Å². The van der Waals surface area contributed by atoms with E-state index in [9.17, 15) is 8.78 Å². The van der Waals surface area contributed by atoms with E-state index in [0.717, 1.165) is 18.1 Å². The quantitative estimate of drug-likeness (QED) is 0.791. The second-order valence-electron chi connectivity index (χ2n) is 5.64. The fraction of sp³-hybridized carbons (Fsp3) is 0.368. The van der Waals surface area contributed by atoms with E-state index in [1.807, 2.05) is 25.1 Å². The number of hydrogen-bond acceptors (Lipinski definition) is 3. The van der Waals surface area contributed by atoms with E-state index < -0.39 is 11.6 Å². The van der Waals surface area contributed by atoms with Crippen LogP contribution in [0.3, 0.4) is 0 Å². The van der Waals surface area contributed by atoms with Gasteiger partial charge in [0, 0.05) is 12.0 Å². The molecule has 0 aliphatic rings. The van der Waals surface area contributed by atoms with E-state index in [1.165, 1.54) is 12.1 Å². The normalized spacial score (nSPS) is 12.0. The van der Waals surface area contributed by atoms with Crippen LogP contribution in [-0.2, 0) is 6.42 Å². The minimum absolute atomic E-state index is 0.238. The van der Waals surface area contributed by atoms with Crippen molar-refractivity contribution in [2.45, 2.75) is 25.7 Å². The van der Waals surface area contributed by atoms with Crippen LogP contribution in [0.2, 0.25) is 0 Å². The summed E-state index contributed by atoms with van der Waals surface area (Å²) in [4.78, 5) is 0. The third-order valence-electron chi connectivity index (χ3n) is 3.86. The molecule has 2 aromatic rings. The van der Waals surface area contributed by atoms with Crippen molar-refractivity contribution in [3.05, 3.63) is 59.2 Å². The molecule has 1 unspecified atom stereocenters. The fourth-order valence-electron chi connectivity index (χ4n) is 2.61. The van der Waals surface area contributed by atoms with Crippen molar-refractivity contribution >= 4 is 0 Å². The van der Waals surface area contributed by atoms with Crippen LogP contribution in [0.4, 0.5) is 8.78 Å². The van der Waals surface area contributed by atoms with Crippen LogP contribution in [0.15, 0.2) is 36.4 Å². The number of ether oxygens (including phenoxy) is 2. The van der Waals surface area contributed by atoms with Crippen molar-refractivity contribution in [2.24, 2.45) is 5.73 Å². The summed E-state index contributed by atoms with van der Waals surface area (Å²) in [6.07, 6.45) is 1.42.